The van der Waals surface area contributed by atoms with Gasteiger partial charge in [-0.2, -0.15) is 5.10 Å². The lowest BCUT2D eigenvalue weighted by molar-refractivity contribution is 0.272. The Morgan fingerprint density at radius 3 is 1.49 bits per heavy atom. The van der Waals surface area contributed by atoms with Gasteiger partial charge in [-0.1, -0.05) is 112 Å². The number of hydrogen-bond donors (Lipinski definition) is 2. The summed E-state index contributed by atoms with van der Waals surface area (Å²) in [6.45, 7) is 6.07. The van der Waals surface area contributed by atoms with Crippen LogP contribution < -0.4 is 0 Å². The maximum Gasteiger partial charge on any atom is 0.692 e. The molecule has 1 atom stereocenters. The van der Waals surface area contributed by atoms with E-state index in [1.165, 1.54) is 6.26 Å². The largest absolute Gasteiger partial charge is 0.692 e. The Morgan fingerprint density at radius 2 is 1.18 bits per heavy atom. The summed E-state index contributed by atoms with van der Waals surface area (Å²) in [7, 11) is -6.33. The van der Waals surface area contributed by atoms with E-state index in [1.54, 1.807) is 6.33 Å². The zero-order valence-electron chi connectivity index (χ0n) is 22.5. The molecule has 1 aromatic heterocycles. The predicted octanol–water partition coefficient (Wildman–Crippen LogP) is 5.66. The fraction of sp³-hybridized carbons (Fsp3) is 0.310. The summed E-state index contributed by atoms with van der Waals surface area (Å²) in [6.07, 6.45) is 4.39. The fourth-order valence-electron chi connectivity index (χ4n) is 5.13. The average molecular weight is 569 g/mol. The van der Waals surface area contributed by atoms with E-state index in [-0.39, 0.29) is 0 Å². The first-order valence-electron chi connectivity index (χ1n) is 12.6. The summed E-state index contributed by atoms with van der Waals surface area (Å²) in [5, 5.41) is 4.17. The lowest BCUT2D eigenvalue weighted by Gasteiger charge is -2.36. The molecule has 0 spiro atoms. The van der Waals surface area contributed by atoms with Gasteiger partial charge in [0.05, 0.1) is 0 Å². The lowest BCUT2D eigenvalue weighted by atomic mass is 9.77. The van der Waals surface area contributed by atoms with Crippen LogP contribution in [-0.2, 0) is 19.9 Å². The van der Waals surface area contributed by atoms with Crippen molar-refractivity contribution in [1.82, 2.24) is 14.8 Å². The van der Waals surface area contributed by atoms with Crippen LogP contribution in [0.15, 0.2) is 97.3 Å². The molecule has 8 nitrogen and oxygen atoms in total. The summed E-state index contributed by atoms with van der Waals surface area (Å²) >= 11 is 0. The van der Waals surface area contributed by atoms with Gasteiger partial charge in [-0.3, -0.25) is 0 Å². The van der Waals surface area contributed by atoms with Crippen LogP contribution in [0.25, 0.3) is 0 Å². The Kier molecular flexibility index (Phi) is 9.91. The second-order valence-corrected chi connectivity index (χ2v) is 12.3. The van der Waals surface area contributed by atoms with Gasteiger partial charge in [0.2, 0.25) is 0 Å². The van der Waals surface area contributed by atoms with Gasteiger partial charge in [-0.05, 0) is 34.9 Å². The van der Waals surface area contributed by atoms with Gasteiger partial charge in [-0.15, -0.1) is 9.79 Å². The first kappa shape index (κ1) is 30.3. The molecule has 39 heavy (non-hydrogen) atoms. The van der Waals surface area contributed by atoms with Gasteiger partial charge >= 0.3 is 8.25 Å². The molecule has 0 aliphatic rings. The Balaban J connectivity index is 0.000000983. The van der Waals surface area contributed by atoms with E-state index in [4.69, 9.17) is 19.5 Å². The van der Waals surface area contributed by atoms with E-state index in [0.717, 1.165) is 16.7 Å². The lowest BCUT2D eigenvalue weighted by Crippen LogP contribution is -2.38. The molecule has 0 amide bonds. The molecule has 0 fully saturated rings. The predicted molar refractivity (Wildman–Crippen MR) is 153 cm³/mol. The molecule has 0 aliphatic carbocycles. The highest BCUT2D eigenvalue weighted by molar-refractivity contribution is 7.91. The van der Waals surface area contributed by atoms with Crippen molar-refractivity contribution >= 4 is 18.1 Å². The van der Waals surface area contributed by atoms with Gasteiger partial charge in [0.15, 0.2) is 15.7 Å². The van der Waals surface area contributed by atoms with Crippen LogP contribution in [0.5, 0.6) is 0 Å². The summed E-state index contributed by atoms with van der Waals surface area (Å²) in [5.41, 5.74) is 1.73. The van der Waals surface area contributed by atoms with Crippen LogP contribution in [0.2, 0.25) is 0 Å². The van der Waals surface area contributed by atoms with E-state index < -0.39 is 34.3 Å². The van der Waals surface area contributed by atoms with Crippen molar-refractivity contribution in [1.29, 1.82) is 0 Å². The molecule has 0 aliphatic heterocycles. The van der Waals surface area contributed by atoms with Crippen molar-refractivity contribution in [3.8, 4) is 0 Å². The second-order valence-electron chi connectivity index (χ2n) is 9.68. The average Bonchev–Trinajstić information content (AvgIpc) is 3.39. The minimum absolute atomic E-state index is 0.339. The highest BCUT2D eigenvalue weighted by Crippen LogP contribution is 2.45. The molecule has 3 aromatic carbocycles. The van der Waals surface area contributed by atoms with Gasteiger partial charge in [0.25, 0.3) is 0 Å². The SMILES string of the molecule is CCC(C)(CC)C(c1ncn(C(c2ccccc2)(c2ccccc2)c2ccccc2)n1)S(C)(=O)=O.O=[P+](O)O. The summed E-state index contributed by atoms with van der Waals surface area (Å²) in [4.78, 5) is 18.9. The van der Waals surface area contributed by atoms with Crippen LogP contribution in [-0.4, -0.2) is 39.2 Å². The van der Waals surface area contributed by atoms with E-state index >= 15 is 0 Å². The topological polar surface area (TPSA) is 122 Å². The molecule has 0 radical (unpaired) electrons. The third-order valence-electron chi connectivity index (χ3n) is 7.34. The first-order valence-corrected chi connectivity index (χ1v) is 15.7. The molecule has 1 unspecified atom stereocenters. The molecule has 1 heterocycles. The van der Waals surface area contributed by atoms with E-state index in [2.05, 4.69) is 41.4 Å². The maximum atomic E-state index is 13.1. The number of hydrogen-bond acceptors (Lipinski definition) is 5. The highest BCUT2D eigenvalue weighted by Gasteiger charge is 2.44. The quantitative estimate of drug-likeness (QED) is 0.197. The molecule has 0 saturated heterocycles. The highest BCUT2D eigenvalue weighted by atomic mass is 32.2. The molecule has 0 saturated carbocycles. The standard InChI is InChI=1S/C29H33N3O2S.HO3P/c1-5-28(3,6-2)26(35(4,33)34)27-30-22-32(31-27)29(23-16-10-7-11-17-23,24-18-12-8-13-19-24)25-20-14-9-15-21-25;1-4(2)3/h7-22,26H,5-6H2,1-4H3;(H-,1,2,3)/p+1. The van der Waals surface area contributed by atoms with Gasteiger partial charge in [-0.25, -0.2) is 18.1 Å². The van der Waals surface area contributed by atoms with Crippen LogP contribution in [0.4, 0.5) is 0 Å². The second kappa shape index (κ2) is 12.7. The minimum atomic E-state index is -3.46. The molecule has 10 heteroatoms. The summed E-state index contributed by atoms with van der Waals surface area (Å²) in [6, 6.07) is 30.5. The van der Waals surface area contributed by atoms with Gasteiger partial charge in [0.1, 0.15) is 17.1 Å². The Bertz CT molecular complexity index is 1360. The molecule has 4 aromatic rings. The van der Waals surface area contributed by atoms with Crippen molar-refractivity contribution in [3.05, 3.63) is 120 Å². The zero-order chi connectivity index (χ0) is 28.7. The Hall–Kier alpha value is -3.23. The Morgan fingerprint density at radius 1 is 0.821 bits per heavy atom. The van der Waals surface area contributed by atoms with Crippen molar-refractivity contribution in [2.45, 2.75) is 44.4 Å². The molecular formula is C29H35N3O5PS+. The normalized spacial score (nSPS) is 12.8. The van der Waals surface area contributed by atoms with Crippen molar-refractivity contribution in [2.24, 2.45) is 5.41 Å². The van der Waals surface area contributed by atoms with E-state index in [1.807, 2.05) is 80.1 Å². The number of nitrogens with zero attached hydrogens (tertiary/aromatic N) is 3. The first-order chi connectivity index (χ1) is 18.5. The molecular weight excluding hydrogens is 533 g/mol. The third-order valence-corrected chi connectivity index (χ3v) is 8.98. The van der Waals surface area contributed by atoms with Crippen molar-refractivity contribution < 1.29 is 22.8 Å². The van der Waals surface area contributed by atoms with Crippen molar-refractivity contribution in [2.75, 3.05) is 6.26 Å². The van der Waals surface area contributed by atoms with E-state index in [9.17, 15) is 8.42 Å². The molecule has 206 valence electrons. The van der Waals surface area contributed by atoms with Gasteiger partial charge in [0, 0.05) is 10.8 Å². The maximum absolute atomic E-state index is 13.1. The molecule has 4 rings (SSSR count). The van der Waals surface area contributed by atoms with Crippen LogP contribution in [0.3, 0.4) is 0 Å². The van der Waals surface area contributed by atoms with Crippen LogP contribution in [0.1, 0.15) is 61.4 Å². The van der Waals surface area contributed by atoms with Gasteiger partial charge < -0.3 is 0 Å². The number of benzene rings is 3. The zero-order valence-corrected chi connectivity index (χ0v) is 24.3. The number of aromatic nitrogens is 3. The third kappa shape index (κ3) is 6.50. The summed E-state index contributed by atoms with van der Waals surface area (Å²) < 4.78 is 36.7. The number of sulfone groups is 1. The molecule has 0 bridgehead atoms. The minimum Gasteiger partial charge on any atom is -0.233 e. The van der Waals surface area contributed by atoms with Crippen LogP contribution in [0, 0.1) is 5.41 Å². The summed E-state index contributed by atoms with van der Waals surface area (Å²) in [5.74, 6) is 0.339. The van der Waals surface area contributed by atoms with Crippen LogP contribution >= 0.6 is 8.25 Å². The fourth-order valence-corrected chi connectivity index (χ4v) is 6.99. The van der Waals surface area contributed by atoms with Crippen molar-refractivity contribution in [3.63, 3.8) is 0 Å². The van der Waals surface area contributed by atoms with E-state index in [0.29, 0.717) is 18.7 Å². The Labute approximate surface area is 231 Å². The molecule has 2 N–H and O–H groups in total. The number of rotatable bonds is 9. The smallest absolute Gasteiger partial charge is 0.233 e. The monoisotopic (exact) mass is 568 g/mol.